The fourth-order valence-electron chi connectivity index (χ4n) is 2.43. The van der Waals surface area contributed by atoms with Crippen LogP contribution in [-0.4, -0.2) is 27.4 Å². The molecule has 0 saturated heterocycles. The minimum atomic E-state index is 0.0958. The van der Waals surface area contributed by atoms with Crippen LogP contribution in [0.3, 0.4) is 0 Å². The summed E-state index contributed by atoms with van der Waals surface area (Å²) in [6.07, 6.45) is 7.22. The van der Waals surface area contributed by atoms with Gasteiger partial charge in [0.2, 0.25) is 5.91 Å². The zero-order chi connectivity index (χ0) is 13.7. The van der Waals surface area contributed by atoms with Crippen LogP contribution in [0.1, 0.15) is 24.8 Å². The van der Waals surface area contributed by atoms with Gasteiger partial charge in [-0.25, -0.2) is 0 Å². The van der Waals surface area contributed by atoms with Crippen molar-refractivity contribution in [1.29, 1.82) is 0 Å². The highest BCUT2D eigenvalue weighted by molar-refractivity contribution is 14.1. The Labute approximate surface area is 127 Å². The molecule has 1 aliphatic carbocycles. The van der Waals surface area contributed by atoms with Gasteiger partial charge in [0.1, 0.15) is 0 Å². The summed E-state index contributed by atoms with van der Waals surface area (Å²) in [6.45, 7) is 0.683. The number of nitrogens with two attached hydrogens (primary N) is 1. The van der Waals surface area contributed by atoms with E-state index in [2.05, 4.69) is 32.9 Å². The Hall–Kier alpha value is -0.690. The van der Waals surface area contributed by atoms with Gasteiger partial charge in [0, 0.05) is 34.8 Å². The van der Waals surface area contributed by atoms with Crippen molar-refractivity contribution in [2.24, 2.45) is 11.7 Å². The second-order valence-electron chi connectivity index (χ2n) is 5.09. The van der Waals surface area contributed by atoms with E-state index in [1.54, 1.807) is 12.4 Å². The highest BCUT2D eigenvalue weighted by Crippen LogP contribution is 2.28. The molecular formula is C14H20IN3O. The predicted molar refractivity (Wildman–Crippen MR) is 84.1 cm³/mol. The first-order chi connectivity index (χ1) is 9.16. The van der Waals surface area contributed by atoms with Gasteiger partial charge in [-0.15, -0.1) is 0 Å². The Morgan fingerprint density at radius 1 is 1.42 bits per heavy atom. The number of rotatable bonds is 4. The molecule has 104 valence electrons. The highest BCUT2D eigenvalue weighted by Gasteiger charge is 2.30. The van der Waals surface area contributed by atoms with E-state index in [1.807, 2.05) is 12.1 Å². The maximum atomic E-state index is 12.1. The van der Waals surface area contributed by atoms with Gasteiger partial charge in [-0.1, -0.05) is 22.6 Å². The molecule has 2 rings (SSSR count). The van der Waals surface area contributed by atoms with Crippen molar-refractivity contribution in [2.45, 2.75) is 35.6 Å². The Bertz CT molecular complexity index is 412. The molecule has 5 heteroatoms. The van der Waals surface area contributed by atoms with Gasteiger partial charge in [-0.3, -0.25) is 9.78 Å². The third kappa shape index (κ3) is 4.42. The maximum absolute atomic E-state index is 12.1. The lowest BCUT2D eigenvalue weighted by Gasteiger charge is -2.29. The van der Waals surface area contributed by atoms with Crippen LogP contribution >= 0.6 is 22.6 Å². The molecule has 0 aliphatic heterocycles. The number of carbonyl (C=O) groups is 1. The van der Waals surface area contributed by atoms with E-state index in [-0.39, 0.29) is 17.9 Å². The van der Waals surface area contributed by atoms with Crippen molar-refractivity contribution in [1.82, 2.24) is 10.3 Å². The number of pyridine rings is 1. The molecule has 3 unspecified atom stereocenters. The molecule has 0 spiro atoms. The Morgan fingerprint density at radius 3 is 2.84 bits per heavy atom. The summed E-state index contributed by atoms with van der Waals surface area (Å²) < 4.78 is 0.512. The maximum Gasteiger partial charge on any atom is 0.223 e. The summed E-state index contributed by atoms with van der Waals surface area (Å²) in [5, 5.41) is 3.02. The topological polar surface area (TPSA) is 68.0 Å². The van der Waals surface area contributed by atoms with Crippen LogP contribution < -0.4 is 11.1 Å². The fraction of sp³-hybridized carbons (Fsp3) is 0.571. The molecule has 1 aromatic heterocycles. The van der Waals surface area contributed by atoms with Gasteiger partial charge in [-0.2, -0.15) is 0 Å². The molecule has 1 heterocycles. The van der Waals surface area contributed by atoms with Gasteiger partial charge in [0.15, 0.2) is 0 Å². The first-order valence-electron chi connectivity index (χ1n) is 6.73. The first kappa shape index (κ1) is 14.7. The van der Waals surface area contributed by atoms with Crippen LogP contribution in [-0.2, 0) is 11.2 Å². The number of alkyl halides is 1. The van der Waals surface area contributed by atoms with Crippen LogP contribution in [0.25, 0.3) is 0 Å². The van der Waals surface area contributed by atoms with Crippen LogP contribution in [0.4, 0.5) is 0 Å². The Kier molecular flexibility index (Phi) is 5.57. The number of hydrogen-bond donors (Lipinski definition) is 2. The third-order valence-corrected chi connectivity index (χ3v) is 5.19. The number of nitrogens with one attached hydrogen (secondary N) is 1. The summed E-state index contributed by atoms with van der Waals surface area (Å²) >= 11 is 2.39. The van der Waals surface area contributed by atoms with E-state index < -0.39 is 0 Å². The molecule has 1 amide bonds. The van der Waals surface area contributed by atoms with E-state index in [0.29, 0.717) is 10.5 Å². The molecular weight excluding hydrogens is 353 g/mol. The second-order valence-corrected chi connectivity index (χ2v) is 6.69. The van der Waals surface area contributed by atoms with Crippen molar-refractivity contribution < 1.29 is 4.79 Å². The van der Waals surface area contributed by atoms with E-state index in [9.17, 15) is 4.79 Å². The minimum Gasteiger partial charge on any atom is -0.356 e. The average molecular weight is 373 g/mol. The molecule has 0 radical (unpaired) electrons. The lowest BCUT2D eigenvalue weighted by atomic mass is 9.85. The number of nitrogens with zero attached hydrogens (tertiary/aromatic N) is 1. The molecule has 19 heavy (non-hydrogen) atoms. The molecule has 1 aliphatic rings. The largest absolute Gasteiger partial charge is 0.356 e. The summed E-state index contributed by atoms with van der Waals surface area (Å²) in [4.78, 5) is 16.0. The first-order valence-corrected chi connectivity index (χ1v) is 7.97. The lowest BCUT2D eigenvalue weighted by molar-refractivity contribution is -0.125. The number of aromatic nitrogens is 1. The highest BCUT2D eigenvalue weighted by atomic mass is 127. The molecule has 1 aromatic rings. The normalized spacial score (nSPS) is 26.9. The molecule has 4 nitrogen and oxygen atoms in total. The quantitative estimate of drug-likeness (QED) is 0.623. The number of amides is 1. The summed E-state index contributed by atoms with van der Waals surface area (Å²) in [5.74, 6) is 0.256. The van der Waals surface area contributed by atoms with E-state index >= 15 is 0 Å². The number of hydrogen-bond acceptors (Lipinski definition) is 3. The fourth-order valence-corrected chi connectivity index (χ4v) is 3.08. The van der Waals surface area contributed by atoms with Crippen molar-refractivity contribution >= 4 is 28.5 Å². The van der Waals surface area contributed by atoms with Crippen LogP contribution in [0.15, 0.2) is 24.5 Å². The van der Waals surface area contributed by atoms with Gasteiger partial charge in [-0.05, 0) is 43.4 Å². The Balaban J connectivity index is 1.73. The van der Waals surface area contributed by atoms with Crippen LogP contribution in [0, 0.1) is 5.92 Å². The SMILES string of the molecule is NC1CC(C(=O)NCCc2ccncc2)CCC1I. The lowest BCUT2D eigenvalue weighted by Crippen LogP contribution is -2.43. The van der Waals surface area contributed by atoms with Crippen LogP contribution in [0.2, 0.25) is 0 Å². The average Bonchev–Trinajstić information content (AvgIpc) is 2.43. The van der Waals surface area contributed by atoms with Gasteiger partial charge < -0.3 is 11.1 Å². The van der Waals surface area contributed by atoms with Crippen molar-refractivity contribution in [3.63, 3.8) is 0 Å². The van der Waals surface area contributed by atoms with E-state index in [1.165, 1.54) is 5.56 Å². The number of halogens is 1. The summed E-state index contributed by atoms with van der Waals surface area (Å²) in [6, 6.07) is 4.11. The molecule has 0 aromatic carbocycles. The Morgan fingerprint density at radius 2 is 2.16 bits per heavy atom. The van der Waals surface area contributed by atoms with Gasteiger partial charge in [0.05, 0.1) is 0 Å². The van der Waals surface area contributed by atoms with E-state index in [4.69, 9.17) is 5.73 Å². The molecule has 1 fully saturated rings. The standard InChI is InChI=1S/C14H20IN3O/c15-12-2-1-11(9-13(12)16)14(19)18-8-5-10-3-6-17-7-4-10/h3-4,6-7,11-13H,1-2,5,8-9,16H2,(H,18,19). The van der Waals surface area contributed by atoms with Crippen molar-refractivity contribution in [3.05, 3.63) is 30.1 Å². The minimum absolute atomic E-state index is 0.0958. The summed E-state index contributed by atoms with van der Waals surface area (Å²) in [7, 11) is 0. The summed E-state index contributed by atoms with van der Waals surface area (Å²) in [5.41, 5.74) is 7.23. The van der Waals surface area contributed by atoms with Gasteiger partial charge in [0.25, 0.3) is 0 Å². The van der Waals surface area contributed by atoms with Crippen molar-refractivity contribution in [2.75, 3.05) is 6.54 Å². The monoisotopic (exact) mass is 373 g/mol. The molecule has 1 saturated carbocycles. The molecule has 0 bridgehead atoms. The molecule has 3 N–H and O–H groups in total. The van der Waals surface area contributed by atoms with Crippen molar-refractivity contribution in [3.8, 4) is 0 Å². The van der Waals surface area contributed by atoms with E-state index in [0.717, 1.165) is 25.7 Å². The second kappa shape index (κ2) is 7.19. The zero-order valence-corrected chi connectivity index (χ0v) is 13.0. The zero-order valence-electron chi connectivity index (χ0n) is 10.9. The van der Waals surface area contributed by atoms with Crippen LogP contribution in [0.5, 0.6) is 0 Å². The smallest absolute Gasteiger partial charge is 0.223 e. The van der Waals surface area contributed by atoms with Gasteiger partial charge >= 0.3 is 0 Å². The molecule has 3 atom stereocenters. The predicted octanol–water partition coefficient (Wildman–Crippen LogP) is 1.67. The number of carbonyl (C=O) groups excluding carboxylic acids is 1. The third-order valence-electron chi connectivity index (χ3n) is 3.65.